The predicted molar refractivity (Wildman–Crippen MR) is 59.5 cm³/mol. The van der Waals surface area contributed by atoms with E-state index in [-0.39, 0.29) is 10.8 Å². The van der Waals surface area contributed by atoms with E-state index >= 15 is 0 Å². The zero-order valence-electron chi connectivity index (χ0n) is 8.86. The molecule has 0 aliphatic carbocycles. The summed E-state index contributed by atoms with van der Waals surface area (Å²) in [5, 5.41) is 19.3. The van der Waals surface area contributed by atoms with Crippen LogP contribution in [-0.2, 0) is 6.42 Å². The number of aliphatic hydroxyl groups excluding tert-OH is 1. The molecule has 1 aliphatic rings. The Kier molecular flexibility index (Phi) is 3.12. The van der Waals surface area contributed by atoms with E-state index in [1.165, 1.54) is 0 Å². The van der Waals surface area contributed by atoms with E-state index in [1.54, 1.807) is 13.0 Å². The van der Waals surface area contributed by atoms with Gasteiger partial charge in [0, 0.05) is 12.0 Å². The summed E-state index contributed by atoms with van der Waals surface area (Å²) >= 11 is 5.96. The SMILES string of the molecule is CC(O)Cc1cc2c(c(Cl)c1O)OCCO2. The molecule has 0 bridgehead atoms. The Balaban J connectivity index is 2.44. The van der Waals surface area contributed by atoms with E-state index in [0.717, 1.165) is 0 Å². The van der Waals surface area contributed by atoms with Gasteiger partial charge in [-0.25, -0.2) is 0 Å². The summed E-state index contributed by atoms with van der Waals surface area (Å²) in [6.45, 7) is 2.52. The highest BCUT2D eigenvalue weighted by atomic mass is 35.5. The average Bonchev–Trinajstić information content (AvgIpc) is 2.25. The lowest BCUT2D eigenvalue weighted by Gasteiger charge is -2.21. The number of aliphatic hydroxyl groups is 1. The van der Waals surface area contributed by atoms with Crippen molar-refractivity contribution in [3.63, 3.8) is 0 Å². The van der Waals surface area contributed by atoms with Gasteiger partial charge in [0.25, 0.3) is 0 Å². The molecule has 0 saturated carbocycles. The van der Waals surface area contributed by atoms with Crippen molar-refractivity contribution in [2.45, 2.75) is 19.4 Å². The maximum atomic E-state index is 9.82. The first-order chi connectivity index (χ1) is 7.59. The number of fused-ring (bicyclic) bond motifs is 1. The third-order valence-electron chi connectivity index (χ3n) is 2.34. The molecule has 2 rings (SSSR count). The summed E-state index contributed by atoms with van der Waals surface area (Å²) in [6, 6.07) is 1.66. The Hall–Kier alpha value is -1.13. The van der Waals surface area contributed by atoms with Crippen molar-refractivity contribution in [3.05, 3.63) is 16.7 Å². The Morgan fingerprint density at radius 3 is 2.81 bits per heavy atom. The van der Waals surface area contributed by atoms with E-state index in [2.05, 4.69) is 0 Å². The second-order valence-corrected chi connectivity index (χ2v) is 4.15. The zero-order valence-corrected chi connectivity index (χ0v) is 9.62. The maximum Gasteiger partial charge on any atom is 0.183 e. The fourth-order valence-electron chi connectivity index (χ4n) is 1.66. The van der Waals surface area contributed by atoms with Gasteiger partial charge in [-0.1, -0.05) is 11.6 Å². The van der Waals surface area contributed by atoms with Crippen LogP contribution < -0.4 is 9.47 Å². The predicted octanol–water partition coefficient (Wildman–Crippen LogP) is 1.74. The second kappa shape index (κ2) is 4.39. The lowest BCUT2D eigenvalue weighted by Crippen LogP contribution is -2.16. The lowest BCUT2D eigenvalue weighted by atomic mass is 10.1. The minimum atomic E-state index is -0.551. The third kappa shape index (κ3) is 2.03. The van der Waals surface area contributed by atoms with Crippen LogP contribution in [0, 0.1) is 0 Å². The van der Waals surface area contributed by atoms with Gasteiger partial charge in [0.2, 0.25) is 0 Å². The minimum absolute atomic E-state index is 0.0492. The standard InChI is InChI=1S/C11H13ClO4/c1-6(13)4-7-5-8-11(9(12)10(7)14)16-3-2-15-8/h5-6,13-14H,2-4H2,1H3. The number of ether oxygens (including phenoxy) is 2. The van der Waals surface area contributed by atoms with E-state index in [1.807, 2.05) is 0 Å². The molecule has 0 fully saturated rings. The number of phenols is 1. The molecule has 0 aromatic heterocycles. The molecular weight excluding hydrogens is 232 g/mol. The Labute approximate surface area is 98.4 Å². The van der Waals surface area contributed by atoms with Gasteiger partial charge in [-0.2, -0.15) is 0 Å². The monoisotopic (exact) mass is 244 g/mol. The van der Waals surface area contributed by atoms with E-state index < -0.39 is 6.10 Å². The molecule has 4 nitrogen and oxygen atoms in total. The molecule has 1 aliphatic heterocycles. The van der Waals surface area contributed by atoms with Crippen molar-refractivity contribution in [2.75, 3.05) is 13.2 Å². The molecule has 1 aromatic rings. The summed E-state index contributed by atoms with van der Waals surface area (Å²) in [5.41, 5.74) is 0.559. The van der Waals surface area contributed by atoms with Crippen molar-refractivity contribution in [2.24, 2.45) is 0 Å². The third-order valence-corrected chi connectivity index (χ3v) is 2.69. The zero-order chi connectivity index (χ0) is 11.7. The van der Waals surface area contributed by atoms with Crippen molar-refractivity contribution in [1.82, 2.24) is 0 Å². The molecule has 88 valence electrons. The van der Waals surface area contributed by atoms with Crippen LogP contribution in [0.4, 0.5) is 0 Å². The van der Waals surface area contributed by atoms with Crippen LogP contribution in [0.25, 0.3) is 0 Å². The highest BCUT2D eigenvalue weighted by molar-refractivity contribution is 6.33. The second-order valence-electron chi connectivity index (χ2n) is 3.78. The number of benzene rings is 1. The van der Waals surface area contributed by atoms with Crippen LogP contribution in [0.2, 0.25) is 5.02 Å². The number of halogens is 1. The molecule has 0 radical (unpaired) electrons. The van der Waals surface area contributed by atoms with Gasteiger partial charge in [0.1, 0.15) is 24.0 Å². The van der Waals surface area contributed by atoms with Crippen LogP contribution in [0.5, 0.6) is 17.2 Å². The molecule has 5 heteroatoms. The van der Waals surface area contributed by atoms with Crippen LogP contribution in [0.1, 0.15) is 12.5 Å². The molecule has 1 aromatic carbocycles. The fraction of sp³-hybridized carbons (Fsp3) is 0.455. The number of phenolic OH excluding ortho intramolecular Hbond substituents is 1. The Bertz CT molecular complexity index is 403. The fourth-order valence-corrected chi connectivity index (χ4v) is 1.93. The molecule has 16 heavy (non-hydrogen) atoms. The smallest absolute Gasteiger partial charge is 0.183 e. The summed E-state index contributed by atoms with van der Waals surface area (Å²) in [4.78, 5) is 0. The van der Waals surface area contributed by atoms with Crippen LogP contribution in [-0.4, -0.2) is 29.5 Å². The quantitative estimate of drug-likeness (QED) is 0.832. The summed E-state index contributed by atoms with van der Waals surface area (Å²) in [7, 11) is 0. The van der Waals surface area contributed by atoms with Crippen LogP contribution >= 0.6 is 11.6 Å². The van der Waals surface area contributed by atoms with Gasteiger partial charge in [-0.05, 0) is 13.0 Å². The van der Waals surface area contributed by atoms with E-state index in [9.17, 15) is 10.2 Å². The van der Waals surface area contributed by atoms with Gasteiger partial charge in [-0.3, -0.25) is 0 Å². The average molecular weight is 245 g/mol. The first-order valence-corrected chi connectivity index (χ1v) is 5.45. The summed E-state index contributed by atoms with van der Waals surface area (Å²) in [6.07, 6.45) is -0.230. The molecule has 2 N–H and O–H groups in total. The topological polar surface area (TPSA) is 58.9 Å². The number of hydrogen-bond donors (Lipinski definition) is 2. The Morgan fingerprint density at radius 2 is 2.12 bits per heavy atom. The van der Waals surface area contributed by atoms with Crippen LogP contribution in [0.15, 0.2) is 6.07 Å². The summed E-state index contributed by atoms with van der Waals surface area (Å²) in [5.74, 6) is 0.844. The van der Waals surface area contributed by atoms with Gasteiger partial charge < -0.3 is 19.7 Å². The maximum absolute atomic E-state index is 9.82. The number of aromatic hydroxyl groups is 1. The molecular formula is C11H13ClO4. The first-order valence-electron chi connectivity index (χ1n) is 5.07. The van der Waals surface area contributed by atoms with Crippen molar-refractivity contribution >= 4 is 11.6 Å². The molecule has 0 saturated heterocycles. The summed E-state index contributed by atoms with van der Waals surface area (Å²) < 4.78 is 10.7. The van der Waals surface area contributed by atoms with Crippen LogP contribution in [0.3, 0.4) is 0 Å². The van der Waals surface area contributed by atoms with Gasteiger partial charge in [0.15, 0.2) is 11.5 Å². The molecule has 1 heterocycles. The molecule has 1 atom stereocenters. The minimum Gasteiger partial charge on any atom is -0.506 e. The normalized spacial score (nSPS) is 15.9. The van der Waals surface area contributed by atoms with Gasteiger partial charge >= 0.3 is 0 Å². The molecule has 0 amide bonds. The molecule has 0 spiro atoms. The van der Waals surface area contributed by atoms with Crippen molar-refractivity contribution in [1.29, 1.82) is 0 Å². The highest BCUT2D eigenvalue weighted by Crippen LogP contribution is 2.45. The number of rotatable bonds is 2. The highest BCUT2D eigenvalue weighted by Gasteiger charge is 2.22. The van der Waals surface area contributed by atoms with Crippen molar-refractivity contribution < 1.29 is 19.7 Å². The van der Waals surface area contributed by atoms with E-state index in [4.69, 9.17) is 21.1 Å². The van der Waals surface area contributed by atoms with Gasteiger partial charge in [0.05, 0.1) is 6.10 Å². The lowest BCUT2D eigenvalue weighted by molar-refractivity contribution is 0.169. The van der Waals surface area contributed by atoms with Crippen molar-refractivity contribution in [3.8, 4) is 17.2 Å². The van der Waals surface area contributed by atoms with Gasteiger partial charge in [-0.15, -0.1) is 0 Å². The van der Waals surface area contributed by atoms with E-state index in [0.29, 0.717) is 36.7 Å². The Morgan fingerprint density at radius 1 is 1.44 bits per heavy atom. The molecule has 1 unspecified atom stereocenters. The number of hydrogen-bond acceptors (Lipinski definition) is 4. The largest absolute Gasteiger partial charge is 0.506 e. The first kappa shape index (κ1) is 11.4.